The van der Waals surface area contributed by atoms with Crippen molar-refractivity contribution in [1.29, 1.82) is 0 Å². The van der Waals surface area contributed by atoms with Gasteiger partial charge in [-0.2, -0.15) is 4.31 Å². The molecule has 6 nitrogen and oxygen atoms in total. The molecule has 7 heteroatoms. The smallest absolute Gasteiger partial charge is 0.217 e. The van der Waals surface area contributed by atoms with Crippen molar-refractivity contribution in [2.24, 2.45) is 0 Å². The van der Waals surface area contributed by atoms with Gasteiger partial charge in [0.2, 0.25) is 10.0 Å². The summed E-state index contributed by atoms with van der Waals surface area (Å²) in [6, 6.07) is -0.226. The largest absolute Gasteiger partial charge is 0.382 e. The molecular weight excluding hydrogens is 258 g/mol. The zero-order valence-electron chi connectivity index (χ0n) is 11.3. The summed E-state index contributed by atoms with van der Waals surface area (Å²) < 4.78 is 41.3. The molecule has 1 saturated heterocycles. The molecule has 0 aromatic carbocycles. The van der Waals surface area contributed by atoms with Crippen LogP contribution in [0.2, 0.25) is 0 Å². The van der Waals surface area contributed by atoms with Crippen LogP contribution in [0.3, 0.4) is 0 Å². The molecule has 1 heterocycles. The first-order chi connectivity index (χ1) is 8.49. The first-order valence-corrected chi connectivity index (χ1v) is 7.75. The second-order valence-corrected chi connectivity index (χ2v) is 6.48. The lowest BCUT2D eigenvalue weighted by molar-refractivity contribution is 0.00585. The lowest BCUT2D eigenvalue weighted by Gasteiger charge is -2.37. The van der Waals surface area contributed by atoms with Crippen molar-refractivity contribution in [3.8, 4) is 0 Å². The lowest BCUT2D eigenvalue weighted by atomic mass is 10.2. The number of nitrogens with zero attached hydrogens (tertiary/aromatic N) is 1. The van der Waals surface area contributed by atoms with Gasteiger partial charge in [0, 0.05) is 19.2 Å². The van der Waals surface area contributed by atoms with Crippen molar-refractivity contribution in [3.05, 3.63) is 0 Å². The Bertz CT molecular complexity index is 322. The Hall–Kier alpha value is -0.210. The standard InChI is InChI=1S/C11H23NO5S/c1-10-8-17-9-11(2)12(10)18(13,14)7-6-16-5-4-15-3/h10-11H,4-9H2,1-3H3. The topological polar surface area (TPSA) is 65.1 Å². The summed E-state index contributed by atoms with van der Waals surface area (Å²) in [7, 11) is -1.70. The van der Waals surface area contributed by atoms with E-state index >= 15 is 0 Å². The molecule has 0 amide bonds. The molecular formula is C11H23NO5S. The van der Waals surface area contributed by atoms with Gasteiger partial charge in [-0.3, -0.25) is 0 Å². The minimum Gasteiger partial charge on any atom is -0.382 e. The van der Waals surface area contributed by atoms with Gasteiger partial charge in [0.25, 0.3) is 0 Å². The molecule has 2 atom stereocenters. The predicted octanol–water partition coefficient (Wildman–Crippen LogP) is 0.0884. The van der Waals surface area contributed by atoms with E-state index in [1.54, 1.807) is 7.11 Å². The Morgan fingerprint density at radius 2 is 1.78 bits per heavy atom. The van der Waals surface area contributed by atoms with Gasteiger partial charge in [0.1, 0.15) is 0 Å². The van der Waals surface area contributed by atoms with Gasteiger partial charge in [-0.1, -0.05) is 0 Å². The van der Waals surface area contributed by atoms with Crippen LogP contribution >= 0.6 is 0 Å². The van der Waals surface area contributed by atoms with E-state index in [9.17, 15) is 8.42 Å². The predicted molar refractivity (Wildman–Crippen MR) is 68.1 cm³/mol. The number of ether oxygens (including phenoxy) is 3. The van der Waals surface area contributed by atoms with Crippen molar-refractivity contribution < 1.29 is 22.6 Å². The second-order valence-electron chi connectivity index (χ2n) is 4.49. The maximum absolute atomic E-state index is 12.2. The van der Waals surface area contributed by atoms with Gasteiger partial charge >= 0.3 is 0 Å². The minimum atomic E-state index is -3.28. The molecule has 0 bridgehead atoms. The van der Waals surface area contributed by atoms with Crippen LogP contribution in [0.5, 0.6) is 0 Å². The molecule has 18 heavy (non-hydrogen) atoms. The maximum atomic E-state index is 12.2. The van der Waals surface area contributed by atoms with Gasteiger partial charge in [-0.05, 0) is 13.8 Å². The molecule has 1 aliphatic heterocycles. The van der Waals surface area contributed by atoms with E-state index in [-0.39, 0.29) is 24.4 Å². The molecule has 2 unspecified atom stereocenters. The molecule has 0 saturated carbocycles. The third kappa shape index (κ3) is 4.47. The van der Waals surface area contributed by atoms with Gasteiger partial charge in [0.15, 0.2) is 0 Å². The number of methoxy groups -OCH3 is 1. The van der Waals surface area contributed by atoms with Crippen LogP contribution < -0.4 is 0 Å². The quantitative estimate of drug-likeness (QED) is 0.619. The molecule has 0 radical (unpaired) electrons. The molecule has 0 aromatic rings. The molecule has 1 fully saturated rings. The van der Waals surface area contributed by atoms with Crippen LogP contribution in [0.1, 0.15) is 13.8 Å². The van der Waals surface area contributed by atoms with Crippen molar-refractivity contribution in [2.45, 2.75) is 25.9 Å². The van der Waals surface area contributed by atoms with E-state index in [4.69, 9.17) is 14.2 Å². The van der Waals surface area contributed by atoms with E-state index in [0.29, 0.717) is 26.4 Å². The van der Waals surface area contributed by atoms with Gasteiger partial charge in [-0.15, -0.1) is 0 Å². The summed E-state index contributed by atoms with van der Waals surface area (Å²) in [6.45, 7) is 5.72. The average Bonchev–Trinajstić information content (AvgIpc) is 2.28. The first-order valence-electron chi connectivity index (χ1n) is 6.14. The lowest BCUT2D eigenvalue weighted by Crippen LogP contribution is -2.53. The van der Waals surface area contributed by atoms with E-state index in [2.05, 4.69) is 0 Å². The van der Waals surface area contributed by atoms with Crippen LogP contribution in [0.15, 0.2) is 0 Å². The van der Waals surface area contributed by atoms with Gasteiger partial charge in [0.05, 0.1) is 38.8 Å². The highest BCUT2D eigenvalue weighted by Gasteiger charge is 2.34. The van der Waals surface area contributed by atoms with Crippen molar-refractivity contribution in [3.63, 3.8) is 0 Å². The molecule has 0 aliphatic carbocycles. The number of morpholine rings is 1. The Kier molecular flexibility index (Phi) is 6.51. The summed E-state index contributed by atoms with van der Waals surface area (Å²) in [6.07, 6.45) is 0. The third-order valence-corrected chi connectivity index (χ3v) is 4.87. The Morgan fingerprint density at radius 3 is 2.33 bits per heavy atom. The number of hydrogen-bond acceptors (Lipinski definition) is 5. The fourth-order valence-electron chi connectivity index (χ4n) is 2.05. The molecule has 0 aromatic heterocycles. The molecule has 0 spiro atoms. The zero-order valence-corrected chi connectivity index (χ0v) is 12.1. The van der Waals surface area contributed by atoms with Crippen LogP contribution in [0.4, 0.5) is 0 Å². The highest BCUT2D eigenvalue weighted by Crippen LogP contribution is 2.18. The SMILES string of the molecule is COCCOCCS(=O)(=O)N1C(C)COCC1C. The number of sulfonamides is 1. The summed E-state index contributed by atoms with van der Waals surface area (Å²) >= 11 is 0. The van der Waals surface area contributed by atoms with E-state index in [1.807, 2.05) is 13.8 Å². The number of rotatable bonds is 7. The highest BCUT2D eigenvalue weighted by atomic mass is 32.2. The Balaban J connectivity index is 2.46. The normalized spacial score (nSPS) is 26.4. The molecule has 0 N–H and O–H groups in total. The summed E-state index contributed by atoms with van der Waals surface area (Å²) in [5.41, 5.74) is 0. The Morgan fingerprint density at radius 1 is 1.17 bits per heavy atom. The van der Waals surface area contributed by atoms with Gasteiger partial charge in [-0.25, -0.2) is 8.42 Å². The van der Waals surface area contributed by atoms with Crippen LogP contribution in [0, 0.1) is 0 Å². The fourth-order valence-corrected chi connectivity index (χ4v) is 3.81. The summed E-state index contributed by atoms with van der Waals surface area (Å²) in [4.78, 5) is 0. The summed E-state index contributed by atoms with van der Waals surface area (Å²) in [5.74, 6) is 0.00535. The van der Waals surface area contributed by atoms with Crippen molar-refractivity contribution >= 4 is 10.0 Å². The van der Waals surface area contributed by atoms with Crippen LogP contribution in [-0.2, 0) is 24.2 Å². The summed E-state index contributed by atoms with van der Waals surface area (Å²) in [5, 5.41) is 0. The van der Waals surface area contributed by atoms with E-state index in [0.717, 1.165) is 0 Å². The monoisotopic (exact) mass is 281 g/mol. The van der Waals surface area contributed by atoms with Crippen molar-refractivity contribution in [1.82, 2.24) is 4.31 Å². The van der Waals surface area contributed by atoms with Crippen LogP contribution in [-0.4, -0.2) is 70.7 Å². The maximum Gasteiger partial charge on any atom is 0.217 e. The third-order valence-electron chi connectivity index (χ3n) is 2.83. The van der Waals surface area contributed by atoms with Crippen molar-refractivity contribution in [2.75, 3.05) is 45.9 Å². The minimum absolute atomic E-state index is 0.00535. The first kappa shape index (κ1) is 15.8. The molecule has 1 rings (SSSR count). The molecule has 108 valence electrons. The average molecular weight is 281 g/mol. The highest BCUT2D eigenvalue weighted by molar-refractivity contribution is 7.89. The van der Waals surface area contributed by atoms with Crippen LogP contribution in [0.25, 0.3) is 0 Å². The fraction of sp³-hybridized carbons (Fsp3) is 1.00. The van der Waals surface area contributed by atoms with E-state index in [1.165, 1.54) is 4.31 Å². The second kappa shape index (κ2) is 7.40. The molecule has 1 aliphatic rings. The number of hydrogen-bond donors (Lipinski definition) is 0. The Labute approximate surface area is 109 Å². The van der Waals surface area contributed by atoms with E-state index < -0.39 is 10.0 Å². The zero-order chi connectivity index (χ0) is 13.6. The van der Waals surface area contributed by atoms with Gasteiger partial charge < -0.3 is 14.2 Å².